The highest BCUT2D eigenvalue weighted by molar-refractivity contribution is 5.89. The van der Waals surface area contributed by atoms with Gasteiger partial charge in [-0.25, -0.2) is 0 Å². The lowest BCUT2D eigenvalue weighted by molar-refractivity contribution is -0.144. The molecule has 2 amide bonds. The van der Waals surface area contributed by atoms with Crippen LogP contribution in [0.3, 0.4) is 0 Å². The fourth-order valence-corrected chi connectivity index (χ4v) is 3.60. The minimum absolute atomic E-state index is 0.0458. The summed E-state index contributed by atoms with van der Waals surface area (Å²) in [7, 11) is 0. The quantitative estimate of drug-likeness (QED) is 0.795. The van der Waals surface area contributed by atoms with Gasteiger partial charge in [0.05, 0.1) is 0 Å². The Kier molecular flexibility index (Phi) is 6.09. The van der Waals surface area contributed by atoms with E-state index in [4.69, 9.17) is 0 Å². The monoisotopic (exact) mass is 355 g/mol. The van der Waals surface area contributed by atoms with Gasteiger partial charge in [-0.1, -0.05) is 49.8 Å². The molecule has 0 saturated carbocycles. The molecule has 5 heteroatoms. The van der Waals surface area contributed by atoms with E-state index in [9.17, 15) is 9.59 Å². The molecule has 0 bridgehead atoms. The number of fused-ring (bicyclic) bond motifs is 1. The van der Waals surface area contributed by atoms with Crippen LogP contribution in [0.4, 0.5) is 0 Å². The molecule has 1 aromatic carbocycles. The molecule has 1 aromatic rings. The van der Waals surface area contributed by atoms with Gasteiger partial charge in [0.25, 0.3) is 0 Å². The maximum atomic E-state index is 12.9. The van der Waals surface area contributed by atoms with Crippen LogP contribution >= 0.6 is 0 Å². The largest absolute Gasteiger partial charge is 0.351 e. The summed E-state index contributed by atoms with van der Waals surface area (Å²) in [5, 5.41) is 6.34. The van der Waals surface area contributed by atoms with Gasteiger partial charge in [0, 0.05) is 32.0 Å². The summed E-state index contributed by atoms with van der Waals surface area (Å²) in [6.07, 6.45) is 4.47. The van der Waals surface area contributed by atoms with Crippen LogP contribution in [-0.4, -0.2) is 42.4 Å². The number of nitrogens with zero attached hydrogens (tertiary/aromatic N) is 1. The average Bonchev–Trinajstić information content (AvgIpc) is 2.70. The summed E-state index contributed by atoms with van der Waals surface area (Å²) in [4.78, 5) is 27.6. The number of hydrogen-bond acceptors (Lipinski definition) is 3. The minimum atomic E-state index is -0.422. The van der Waals surface area contributed by atoms with Crippen molar-refractivity contribution in [1.29, 1.82) is 0 Å². The van der Waals surface area contributed by atoms with Crippen molar-refractivity contribution >= 4 is 11.8 Å². The van der Waals surface area contributed by atoms with E-state index >= 15 is 0 Å². The molecule has 0 spiro atoms. The molecule has 2 unspecified atom stereocenters. The van der Waals surface area contributed by atoms with Crippen LogP contribution in [0.25, 0.3) is 0 Å². The average molecular weight is 355 g/mol. The molecule has 0 fully saturated rings. The van der Waals surface area contributed by atoms with Gasteiger partial charge in [0.1, 0.15) is 6.04 Å². The Morgan fingerprint density at radius 1 is 1.31 bits per heavy atom. The number of carbonyl (C=O) groups is 2. The summed E-state index contributed by atoms with van der Waals surface area (Å²) in [5.41, 5.74) is 3.57. The van der Waals surface area contributed by atoms with E-state index in [1.165, 1.54) is 11.1 Å². The molecule has 2 aliphatic rings. The molecule has 26 heavy (non-hydrogen) atoms. The zero-order valence-electron chi connectivity index (χ0n) is 15.8. The van der Waals surface area contributed by atoms with E-state index < -0.39 is 6.04 Å². The van der Waals surface area contributed by atoms with E-state index in [2.05, 4.69) is 28.8 Å². The van der Waals surface area contributed by atoms with Gasteiger partial charge in [-0.3, -0.25) is 9.59 Å². The van der Waals surface area contributed by atoms with E-state index in [0.717, 1.165) is 31.5 Å². The fraction of sp³-hybridized carbons (Fsp3) is 0.524. The molecule has 5 nitrogen and oxygen atoms in total. The third kappa shape index (κ3) is 4.15. The molecule has 140 valence electrons. The van der Waals surface area contributed by atoms with Crippen LogP contribution in [0.1, 0.15) is 37.8 Å². The van der Waals surface area contributed by atoms with E-state index in [0.29, 0.717) is 19.5 Å². The molecular formula is C21H29N3O2. The predicted octanol–water partition coefficient (Wildman–Crippen LogP) is 2.02. The molecule has 2 heterocycles. The Bertz CT molecular complexity index is 698. The second-order valence-electron chi connectivity index (χ2n) is 7.30. The number of rotatable bonds is 5. The van der Waals surface area contributed by atoms with Gasteiger partial charge in [-0.2, -0.15) is 0 Å². The highest BCUT2D eigenvalue weighted by Gasteiger charge is 2.35. The number of nitrogens with one attached hydrogen (secondary N) is 2. The zero-order chi connectivity index (χ0) is 18.5. The first kappa shape index (κ1) is 18.6. The second-order valence-corrected chi connectivity index (χ2v) is 7.30. The van der Waals surface area contributed by atoms with Gasteiger partial charge < -0.3 is 15.5 Å². The summed E-state index contributed by atoms with van der Waals surface area (Å²) in [6.45, 7) is 6.86. The van der Waals surface area contributed by atoms with Crippen molar-refractivity contribution in [1.82, 2.24) is 15.5 Å². The Morgan fingerprint density at radius 3 is 2.77 bits per heavy atom. The first-order chi connectivity index (χ1) is 12.6. The molecule has 0 aromatic heterocycles. The Hall–Kier alpha value is -2.14. The molecule has 0 aliphatic carbocycles. The number of carbonyl (C=O) groups excluding carboxylic acids is 2. The normalized spacial score (nSPS) is 20.8. The van der Waals surface area contributed by atoms with Crippen molar-refractivity contribution in [2.24, 2.45) is 5.92 Å². The molecule has 0 saturated heterocycles. The standard InChI is InChI=1S/C21H29N3O2/c1-3-15(2)21(26)24-14-18-7-5-4-6-17(18)12-19(24)20(25)23-13-16-8-10-22-11-9-16/h4-8,15,19,22H,3,9-14H2,1-2H3,(H,23,25). The van der Waals surface area contributed by atoms with Crippen molar-refractivity contribution in [3.63, 3.8) is 0 Å². The highest BCUT2D eigenvalue weighted by Crippen LogP contribution is 2.25. The first-order valence-corrected chi connectivity index (χ1v) is 9.63. The van der Waals surface area contributed by atoms with Crippen LogP contribution in [0.2, 0.25) is 0 Å². The van der Waals surface area contributed by atoms with Crippen LogP contribution in [0, 0.1) is 5.92 Å². The van der Waals surface area contributed by atoms with Gasteiger partial charge in [0.2, 0.25) is 11.8 Å². The van der Waals surface area contributed by atoms with Crippen LogP contribution in [0.5, 0.6) is 0 Å². The molecule has 2 N–H and O–H groups in total. The van der Waals surface area contributed by atoms with Crippen molar-refractivity contribution < 1.29 is 9.59 Å². The lowest BCUT2D eigenvalue weighted by Gasteiger charge is -2.37. The van der Waals surface area contributed by atoms with Gasteiger partial charge in [0.15, 0.2) is 0 Å². The van der Waals surface area contributed by atoms with Crippen molar-refractivity contribution in [2.45, 2.75) is 45.7 Å². The third-order valence-corrected chi connectivity index (χ3v) is 5.52. The lowest BCUT2D eigenvalue weighted by Crippen LogP contribution is -2.54. The van der Waals surface area contributed by atoms with Crippen molar-refractivity contribution in [3.8, 4) is 0 Å². The molecule has 2 aliphatic heterocycles. The third-order valence-electron chi connectivity index (χ3n) is 5.52. The highest BCUT2D eigenvalue weighted by atomic mass is 16.2. The van der Waals surface area contributed by atoms with Crippen LogP contribution < -0.4 is 10.6 Å². The van der Waals surface area contributed by atoms with Crippen LogP contribution in [0.15, 0.2) is 35.9 Å². The molecule has 3 rings (SSSR count). The summed E-state index contributed by atoms with van der Waals surface area (Å²) >= 11 is 0. The second kappa shape index (κ2) is 8.49. The molecule has 0 radical (unpaired) electrons. The van der Waals surface area contributed by atoms with E-state index in [-0.39, 0.29) is 17.7 Å². The maximum Gasteiger partial charge on any atom is 0.243 e. The van der Waals surface area contributed by atoms with Crippen LogP contribution in [-0.2, 0) is 22.6 Å². The molecule has 2 atom stereocenters. The summed E-state index contributed by atoms with van der Waals surface area (Å²) in [6, 6.07) is 7.69. The lowest BCUT2D eigenvalue weighted by atomic mass is 9.92. The van der Waals surface area contributed by atoms with Gasteiger partial charge in [-0.15, -0.1) is 0 Å². The number of hydrogen-bond donors (Lipinski definition) is 2. The SMILES string of the molecule is CCC(C)C(=O)N1Cc2ccccc2CC1C(=O)NCC1=CCNCC1. The zero-order valence-corrected chi connectivity index (χ0v) is 15.8. The fourth-order valence-electron chi connectivity index (χ4n) is 3.60. The maximum absolute atomic E-state index is 12.9. The summed E-state index contributed by atoms with van der Waals surface area (Å²) in [5.74, 6) is -0.0403. The van der Waals surface area contributed by atoms with Crippen molar-refractivity contribution in [2.75, 3.05) is 19.6 Å². The van der Waals surface area contributed by atoms with Crippen molar-refractivity contribution in [3.05, 3.63) is 47.0 Å². The predicted molar refractivity (Wildman–Crippen MR) is 103 cm³/mol. The summed E-state index contributed by atoms with van der Waals surface area (Å²) < 4.78 is 0. The first-order valence-electron chi connectivity index (χ1n) is 9.63. The van der Waals surface area contributed by atoms with E-state index in [1.807, 2.05) is 26.0 Å². The topological polar surface area (TPSA) is 61.4 Å². The molecular weight excluding hydrogens is 326 g/mol. The van der Waals surface area contributed by atoms with Gasteiger partial charge in [-0.05, 0) is 30.5 Å². The Morgan fingerprint density at radius 2 is 2.08 bits per heavy atom. The number of amides is 2. The smallest absolute Gasteiger partial charge is 0.243 e. The van der Waals surface area contributed by atoms with Gasteiger partial charge >= 0.3 is 0 Å². The van der Waals surface area contributed by atoms with E-state index in [1.54, 1.807) is 4.90 Å². The Labute approximate surface area is 155 Å². The number of benzene rings is 1. The Balaban J connectivity index is 1.75. The minimum Gasteiger partial charge on any atom is -0.351 e.